The predicted molar refractivity (Wildman–Crippen MR) is 85.5 cm³/mol. The molecule has 1 aliphatic carbocycles. The van der Waals surface area contributed by atoms with E-state index in [2.05, 4.69) is 15.9 Å². The van der Waals surface area contributed by atoms with Crippen molar-refractivity contribution in [3.05, 3.63) is 28.5 Å². The van der Waals surface area contributed by atoms with Crippen LogP contribution in [0.3, 0.4) is 0 Å². The second-order valence-electron chi connectivity index (χ2n) is 5.84. The van der Waals surface area contributed by atoms with Crippen molar-refractivity contribution in [2.45, 2.75) is 12.8 Å². The van der Waals surface area contributed by atoms with E-state index >= 15 is 0 Å². The summed E-state index contributed by atoms with van der Waals surface area (Å²) in [7, 11) is 0. The molecule has 7 heteroatoms. The maximum atomic E-state index is 13.6. The first-order valence-electron chi connectivity index (χ1n) is 7.69. The Morgan fingerprint density at radius 3 is 2.43 bits per heavy atom. The minimum Gasteiger partial charge on any atom is -0.481 e. The lowest BCUT2D eigenvalue weighted by Crippen LogP contribution is -2.52. The Morgan fingerprint density at radius 2 is 1.83 bits per heavy atom. The zero-order chi connectivity index (χ0) is 16.4. The molecule has 0 atom stereocenters. The molecule has 1 saturated carbocycles. The highest BCUT2D eigenvalue weighted by atomic mass is 79.9. The summed E-state index contributed by atoms with van der Waals surface area (Å²) in [6, 6.07) is 4.44. The zero-order valence-corrected chi connectivity index (χ0v) is 14.2. The third kappa shape index (κ3) is 4.02. The van der Waals surface area contributed by atoms with E-state index in [1.807, 2.05) is 4.90 Å². The average Bonchev–Trinajstić information content (AvgIpc) is 3.38. The summed E-state index contributed by atoms with van der Waals surface area (Å²) in [6.45, 7) is 1.93. The van der Waals surface area contributed by atoms with Gasteiger partial charge in [0.1, 0.15) is 0 Å². The zero-order valence-electron chi connectivity index (χ0n) is 12.6. The first kappa shape index (κ1) is 16.2. The van der Waals surface area contributed by atoms with E-state index in [1.165, 1.54) is 12.1 Å². The standard InChI is InChI=1S/C16H18BrFN2O3/c17-12-3-4-14(13(18)9-12)23-10-15(21)19-5-7-20(8-6-19)16(22)11-1-2-11/h3-4,9,11H,1-2,5-8,10H2. The number of hydrogen-bond acceptors (Lipinski definition) is 3. The molecule has 0 unspecified atom stereocenters. The molecule has 23 heavy (non-hydrogen) atoms. The summed E-state index contributed by atoms with van der Waals surface area (Å²) in [5.41, 5.74) is 0. The van der Waals surface area contributed by atoms with E-state index in [4.69, 9.17) is 4.74 Å². The molecule has 0 aromatic heterocycles. The molecule has 0 bridgehead atoms. The van der Waals surface area contributed by atoms with Crippen LogP contribution in [0.1, 0.15) is 12.8 Å². The van der Waals surface area contributed by atoms with E-state index in [-0.39, 0.29) is 30.1 Å². The Hall–Kier alpha value is -1.63. The first-order chi connectivity index (χ1) is 11.0. The molecule has 1 saturated heterocycles. The van der Waals surface area contributed by atoms with Gasteiger partial charge in [-0.25, -0.2) is 4.39 Å². The lowest BCUT2D eigenvalue weighted by Gasteiger charge is -2.34. The lowest BCUT2D eigenvalue weighted by molar-refractivity contribution is -0.141. The quantitative estimate of drug-likeness (QED) is 0.797. The molecule has 1 heterocycles. The molecule has 2 aliphatic rings. The van der Waals surface area contributed by atoms with E-state index in [1.54, 1.807) is 11.0 Å². The molecule has 2 fully saturated rings. The van der Waals surface area contributed by atoms with Gasteiger partial charge in [0.25, 0.3) is 5.91 Å². The number of carbonyl (C=O) groups excluding carboxylic acids is 2. The predicted octanol–water partition coefficient (Wildman–Crippen LogP) is 2.05. The van der Waals surface area contributed by atoms with Crippen LogP contribution in [0.25, 0.3) is 0 Å². The van der Waals surface area contributed by atoms with Gasteiger partial charge in [0.2, 0.25) is 5.91 Å². The average molecular weight is 385 g/mol. The van der Waals surface area contributed by atoms with Crippen LogP contribution in [0, 0.1) is 11.7 Å². The monoisotopic (exact) mass is 384 g/mol. The summed E-state index contributed by atoms with van der Waals surface area (Å²) < 4.78 is 19.5. The normalized spacial score (nSPS) is 18.0. The fourth-order valence-corrected chi connectivity index (χ4v) is 2.92. The van der Waals surface area contributed by atoms with E-state index in [0.717, 1.165) is 12.8 Å². The third-order valence-electron chi connectivity index (χ3n) is 4.12. The Balaban J connectivity index is 1.46. The second-order valence-corrected chi connectivity index (χ2v) is 6.76. The topological polar surface area (TPSA) is 49.9 Å². The third-order valence-corrected chi connectivity index (χ3v) is 4.61. The Morgan fingerprint density at radius 1 is 1.17 bits per heavy atom. The number of hydrogen-bond donors (Lipinski definition) is 0. The number of piperazine rings is 1. The van der Waals surface area contributed by atoms with Crippen LogP contribution >= 0.6 is 15.9 Å². The molecule has 2 amide bonds. The molecular weight excluding hydrogens is 367 g/mol. The van der Waals surface area contributed by atoms with Crippen LogP contribution in [0.4, 0.5) is 4.39 Å². The molecule has 1 aliphatic heterocycles. The fraction of sp³-hybridized carbons (Fsp3) is 0.500. The van der Waals surface area contributed by atoms with Gasteiger partial charge in [-0.3, -0.25) is 9.59 Å². The number of nitrogens with zero attached hydrogens (tertiary/aromatic N) is 2. The minimum absolute atomic E-state index is 0.0593. The van der Waals surface area contributed by atoms with Gasteiger partial charge in [0.05, 0.1) is 0 Å². The van der Waals surface area contributed by atoms with Gasteiger partial charge in [-0.1, -0.05) is 15.9 Å². The Labute approximate surface area is 142 Å². The van der Waals surface area contributed by atoms with Gasteiger partial charge < -0.3 is 14.5 Å². The minimum atomic E-state index is -0.507. The lowest BCUT2D eigenvalue weighted by atomic mass is 10.2. The highest BCUT2D eigenvalue weighted by Gasteiger charge is 2.35. The van der Waals surface area contributed by atoms with Gasteiger partial charge >= 0.3 is 0 Å². The van der Waals surface area contributed by atoms with Crippen LogP contribution in [0.5, 0.6) is 5.75 Å². The first-order valence-corrected chi connectivity index (χ1v) is 8.48. The van der Waals surface area contributed by atoms with Gasteiger partial charge in [-0.05, 0) is 31.0 Å². The van der Waals surface area contributed by atoms with Gasteiger partial charge in [0.15, 0.2) is 18.2 Å². The largest absolute Gasteiger partial charge is 0.481 e. The van der Waals surface area contributed by atoms with Crippen molar-refractivity contribution >= 4 is 27.7 Å². The number of halogens is 2. The molecule has 3 rings (SSSR count). The summed E-state index contributed by atoms with van der Waals surface area (Å²) in [6.07, 6.45) is 1.98. The van der Waals surface area contributed by atoms with Crippen LogP contribution in [-0.4, -0.2) is 54.4 Å². The molecule has 1 aromatic rings. The fourth-order valence-electron chi connectivity index (χ4n) is 2.59. The van der Waals surface area contributed by atoms with Crippen molar-refractivity contribution in [2.24, 2.45) is 5.92 Å². The number of ether oxygens (including phenoxy) is 1. The molecule has 0 spiro atoms. The summed E-state index contributed by atoms with van der Waals surface area (Å²) in [5.74, 6) is -0.215. The summed E-state index contributed by atoms with van der Waals surface area (Å²) >= 11 is 3.17. The van der Waals surface area contributed by atoms with Crippen molar-refractivity contribution in [1.29, 1.82) is 0 Å². The number of rotatable bonds is 4. The van der Waals surface area contributed by atoms with E-state index < -0.39 is 5.82 Å². The molecule has 0 N–H and O–H groups in total. The number of amides is 2. The van der Waals surface area contributed by atoms with Crippen LogP contribution in [0.2, 0.25) is 0 Å². The molecular formula is C16H18BrFN2O3. The summed E-state index contributed by atoms with van der Waals surface area (Å²) in [4.78, 5) is 27.6. The van der Waals surface area contributed by atoms with E-state index in [0.29, 0.717) is 30.7 Å². The van der Waals surface area contributed by atoms with Crippen molar-refractivity contribution in [3.63, 3.8) is 0 Å². The van der Waals surface area contributed by atoms with Gasteiger partial charge in [-0.15, -0.1) is 0 Å². The molecule has 5 nitrogen and oxygen atoms in total. The van der Waals surface area contributed by atoms with Crippen molar-refractivity contribution in [2.75, 3.05) is 32.8 Å². The second kappa shape index (κ2) is 6.86. The van der Waals surface area contributed by atoms with Crippen LogP contribution < -0.4 is 4.74 Å². The van der Waals surface area contributed by atoms with Crippen LogP contribution in [-0.2, 0) is 9.59 Å². The highest BCUT2D eigenvalue weighted by Crippen LogP contribution is 2.31. The maximum Gasteiger partial charge on any atom is 0.260 e. The highest BCUT2D eigenvalue weighted by molar-refractivity contribution is 9.10. The maximum absolute atomic E-state index is 13.6. The van der Waals surface area contributed by atoms with Crippen molar-refractivity contribution in [3.8, 4) is 5.75 Å². The van der Waals surface area contributed by atoms with Gasteiger partial charge in [-0.2, -0.15) is 0 Å². The Bertz CT molecular complexity index is 613. The smallest absolute Gasteiger partial charge is 0.260 e. The SMILES string of the molecule is O=C(COc1ccc(Br)cc1F)N1CCN(C(=O)C2CC2)CC1. The number of carbonyl (C=O) groups is 2. The van der Waals surface area contributed by atoms with Crippen molar-refractivity contribution in [1.82, 2.24) is 9.80 Å². The number of benzene rings is 1. The summed E-state index contributed by atoms with van der Waals surface area (Å²) in [5, 5.41) is 0. The Kier molecular flexibility index (Phi) is 4.84. The van der Waals surface area contributed by atoms with Crippen molar-refractivity contribution < 1.29 is 18.7 Å². The van der Waals surface area contributed by atoms with Crippen LogP contribution in [0.15, 0.2) is 22.7 Å². The molecule has 0 radical (unpaired) electrons. The molecule has 1 aromatic carbocycles. The molecule has 124 valence electrons. The van der Waals surface area contributed by atoms with Gasteiger partial charge in [0, 0.05) is 36.6 Å². The van der Waals surface area contributed by atoms with E-state index in [9.17, 15) is 14.0 Å².